The lowest BCUT2D eigenvalue weighted by Gasteiger charge is -2.21. The Bertz CT molecular complexity index is 418. The molecule has 1 aromatic rings. The smallest absolute Gasteiger partial charge is 0.161 e. The molecular formula is C20H36N2O2. The minimum absolute atomic E-state index is 0.155. The van der Waals surface area contributed by atoms with E-state index in [0.29, 0.717) is 13.2 Å². The fourth-order valence-electron chi connectivity index (χ4n) is 2.12. The molecule has 1 aromatic carbocycles. The average Bonchev–Trinajstić information content (AvgIpc) is 2.45. The summed E-state index contributed by atoms with van der Waals surface area (Å²) in [5.74, 6) is 1.66. The van der Waals surface area contributed by atoms with Crippen LogP contribution < -0.4 is 20.1 Å². The van der Waals surface area contributed by atoms with Crippen LogP contribution in [0.5, 0.6) is 11.5 Å². The molecule has 0 bridgehead atoms. The second-order valence-electron chi connectivity index (χ2n) is 8.20. The van der Waals surface area contributed by atoms with Gasteiger partial charge in [0.25, 0.3) is 0 Å². The summed E-state index contributed by atoms with van der Waals surface area (Å²) in [5.41, 5.74) is 0.310. The molecule has 0 aliphatic heterocycles. The SMILES string of the molecule is CC(C)(C)NCCCOc1ccccc1OCCCNC(C)(C)C. The Morgan fingerprint density at radius 1 is 0.708 bits per heavy atom. The number of benzene rings is 1. The standard InChI is InChI=1S/C20H36N2O2/c1-19(2,3)21-13-9-15-23-17-11-7-8-12-18(17)24-16-10-14-22-20(4,5)6/h7-8,11-12,21-22H,9-10,13-16H2,1-6H3. The van der Waals surface area contributed by atoms with Crippen molar-refractivity contribution < 1.29 is 9.47 Å². The summed E-state index contributed by atoms with van der Waals surface area (Å²) in [6.07, 6.45) is 1.95. The van der Waals surface area contributed by atoms with Crippen LogP contribution in [0.2, 0.25) is 0 Å². The topological polar surface area (TPSA) is 42.5 Å². The molecule has 0 aliphatic rings. The Hall–Kier alpha value is -1.26. The van der Waals surface area contributed by atoms with E-state index in [4.69, 9.17) is 9.47 Å². The molecule has 0 saturated heterocycles. The van der Waals surface area contributed by atoms with Crippen molar-refractivity contribution >= 4 is 0 Å². The molecule has 4 heteroatoms. The first-order valence-corrected chi connectivity index (χ1v) is 9.02. The Balaban J connectivity index is 2.29. The highest BCUT2D eigenvalue weighted by molar-refractivity contribution is 5.39. The largest absolute Gasteiger partial charge is 0.490 e. The van der Waals surface area contributed by atoms with E-state index in [1.165, 1.54) is 0 Å². The zero-order chi connectivity index (χ0) is 18.1. The van der Waals surface area contributed by atoms with Gasteiger partial charge in [0.15, 0.2) is 11.5 Å². The van der Waals surface area contributed by atoms with Crippen molar-refractivity contribution in [2.75, 3.05) is 26.3 Å². The molecule has 0 radical (unpaired) electrons. The zero-order valence-electron chi connectivity index (χ0n) is 16.4. The van der Waals surface area contributed by atoms with Crippen LogP contribution in [0.3, 0.4) is 0 Å². The van der Waals surface area contributed by atoms with Crippen LogP contribution in [0.1, 0.15) is 54.4 Å². The first-order chi connectivity index (χ1) is 11.2. The number of hydrogen-bond donors (Lipinski definition) is 2. The summed E-state index contributed by atoms with van der Waals surface area (Å²) in [7, 11) is 0. The Kier molecular flexibility index (Phi) is 8.57. The Morgan fingerprint density at radius 2 is 1.08 bits per heavy atom. The minimum atomic E-state index is 0.155. The summed E-state index contributed by atoms with van der Waals surface area (Å²) in [5, 5.41) is 6.93. The van der Waals surface area contributed by atoms with E-state index in [1.54, 1.807) is 0 Å². The van der Waals surface area contributed by atoms with Gasteiger partial charge in [0.2, 0.25) is 0 Å². The predicted octanol–water partition coefficient (Wildman–Crippen LogP) is 4.00. The molecule has 0 aliphatic carbocycles. The number of para-hydroxylation sites is 2. The summed E-state index contributed by atoms with van der Waals surface area (Å²) >= 11 is 0. The van der Waals surface area contributed by atoms with Crippen LogP contribution in [0, 0.1) is 0 Å². The summed E-state index contributed by atoms with van der Waals surface area (Å²) in [6.45, 7) is 16.3. The highest BCUT2D eigenvalue weighted by Crippen LogP contribution is 2.26. The monoisotopic (exact) mass is 336 g/mol. The van der Waals surface area contributed by atoms with Crippen molar-refractivity contribution in [1.82, 2.24) is 10.6 Å². The molecule has 0 fully saturated rings. The fourth-order valence-corrected chi connectivity index (χ4v) is 2.12. The van der Waals surface area contributed by atoms with Crippen LogP contribution >= 0.6 is 0 Å². The molecular weight excluding hydrogens is 300 g/mol. The fraction of sp³-hybridized carbons (Fsp3) is 0.700. The average molecular weight is 337 g/mol. The molecule has 138 valence electrons. The molecule has 0 saturated carbocycles. The van der Waals surface area contributed by atoms with Crippen LogP contribution in [-0.2, 0) is 0 Å². The van der Waals surface area contributed by atoms with Crippen LogP contribution in [0.25, 0.3) is 0 Å². The maximum Gasteiger partial charge on any atom is 0.161 e. The van der Waals surface area contributed by atoms with Crippen molar-refractivity contribution in [3.05, 3.63) is 24.3 Å². The van der Waals surface area contributed by atoms with Gasteiger partial charge >= 0.3 is 0 Å². The normalized spacial score (nSPS) is 12.2. The molecule has 0 aromatic heterocycles. The molecule has 1 rings (SSSR count). The molecule has 24 heavy (non-hydrogen) atoms. The van der Waals surface area contributed by atoms with Crippen molar-refractivity contribution in [3.8, 4) is 11.5 Å². The third-order valence-corrected chi connectivity index (χ3v) is 3.32. The second kappa shape index (κ2) is 9.90. The summed E-state index contributed by atoms with van der Waals surface area (Å²) in [4.78, 5) is 0. The third-order valence-electron chi connectivity index (χ3n) is 3.32. The lowest BCUT2D eigenvalue weighted by Crippen LogP contribution is -2.36. The van der Waals surface area contributed by atoms with Gasteiger partial charge in [-0.25, -0.2) is 0 Å². The Morgan fingerprint density at radius 3 is 1.42 bits per heavy atom. The van der Waals surface area contributed by atoms with E-state index in [2.05, 4.69) is 52.2 Å². The van der Waals surface area contributed by atoms with Gasteiger partial charge in [0.1, 0.15) is 0 Å². The number of nitrogens with one attached hydrogen (secondary N) is 2. The van der Waals surface area contributed by atoms with Crippen molar-refractivity contribution in [3.63, 3.8) is 0 Å². The maximum absolute atomic E-state index is 5.88. The molecule has 0 unspecified atom stereocenters. The summed E-state index contributed by atoms with van der Waals surface area (Å²) < 4.78 is 11.8. The number of rotatable bonds is 10. The third kappa shape index (κ3) is 10.5. The van der Waals surface area contributed by atoms with E-state index in [1.807, 2.05) is 24.3 Å². The quantitative estimate of drug-likeness (QED) is 0.634. The molecule has 0 atom stereocenters. The molecule has 0 spiro atoms. The van der Waals surface area contributed by atoms with E-state index in [-0.39, 0.29) is 11.1 Å². The van der Waals surface area contributed by atoms with E-state index < -0.39 is 0 Å². The number of hydrogen-bond acceptors (Lipinski definition) is 4. The van der Waals surface area contributed by atoms with Gasteiger partial charge in [-0.15, -0.1) is 0 Å². The molecule has 0 heterocycles. The van der Waals surface area contributed by atoms with Crippen LogP contribution in [0.4, 0.5) is 0 Å². The van der Waals surface area contributed by atoms with Gasteiger partial charge in [-0.2, -0.15) is 0 Å². The summed E-state index contributed by atoms with van der Waals surface area (Å²) in [6, 6.07) is 7.91. The Labute approximate surface area is 148 Å². The lowest BCUT2D eigenvalue weighted by atomic mass is 10.1. The van der Waals surface area contributed by atoms with Gasteiger partial charge in [-0.3, -0.25) is 0 Å². The van der Waals surface area contributed by atoms with Crippen LogP contribution in [-0.4, -0.2) is 37.4 Å². The van der Waals surface area contributed by atoms with Gasteiger partial charge in [-0.1, -0.05) is 12.1 Å². The predicted molar refractivity (Wildman–Crippen MR) is 102 cm³/mol. The lowest BCUT2D eigenvalue weighted by molar-refractivity contribution is 0.256. The second-order valence-corrected chi connectivity index (χ2v) is 8.20. The zero-order valence-corrected chi connectivity index (χ0v) is 16.4. The van der Waals surface area contributed by atoms with Gasteiger partial charge in [0, 0.05) is 11.1 Å². The van der Waals surface area contributed by atoms with E-state index in [9.17, 15) is 0 Å². The van der Waals surface area contributed by atoms with Gasteiger partial charge in [-0.05, 0) is 79.6 Å². The molecule has 2 N–H and O–H groups in total. The van der Waals surface area contributed by atoms with E-state index in [0.717, 1.165) is 37.4 Å². The van der Waals surface area contributed by atoms with Gasteiger partial charge in [0.05, 0.1) is 13.2 Å². The van der Waals surface area contributed by atoms with Crippen molar-refractivity contribution in [1.29, 1.82) is 0 Å². The van der Waals surface area contributed by atoms with Crippen molar-refractivity contribution in [2.24, 2.45) is 0 Å². The molecule has 0 amide bonds. The number of ether oxygens (including phenoxy) is 2. The van der Waals surface area contributed by atoms with Crippen molar-refractivity contribution in [2.45, 2.75) is 65.5 Å². The molecule has 4 nitrogen and oxygen atoms in total. The highest BCUT2D eigenvalue weighted by Gasteiger charge is 2.09. The van der Waals surface area contributed by atoms with E-state index >= 15 is 0 Å². The first kappa shape index (κ1) is 20.8. The van der Waals surface area contributed by atoms with Gasteiger partial charge < -0.3 is 20.1 Å². The highest BCUT2D eigenvalue weighted by atomic mass is 16.5. The minimum Gasteiger partial charge on any atom is -0.490 e. The van der Waals surface area contributed by atoms with Crippen LogP contribution in [0.15, 0.2) is 24.3 Å². The maximum atomic E-state index is 5.88. The first-order valence-electron chi connectivity index (χ1n) is 9.02.